The van der Waals surface area contributed by atoms with Gasteiger partial charge in [-0.2, -0.15) is 17.5 Å². The van der Waals surface area contributed by atoms with Gasteiger partial charge in [0.25, 0.3) is 5.91 Å². The fourth-order valence-electron chi connectivity index (χ4n) is 3.78. The van der Waals surface area contributed by atoms with Gasteiger partial charge in [-0.25, -0.2) is 8.42 Å². The molecule has 0 unspecified atom stereocenters. The number of alkyl halides is 3. The Hall–Kier alpha value is -2.33. The van der Waals surface area contributed by atoms with Crippen molar-refractivity contribution in [1.29, 1.82) is 0 Å². The number of hydrogen-bond donors (Lipinski definition) is 2. The molecule has 2 heterocycles. The molecule has 1 fully saturated rings. The van der Waals surface area contributed by atoms with Crippen LogP contribution in [0.15, 0.2) is 29.2 Å². The van der Waals surface area contributed by atoms with Gasteiger partial charge in [-0.15, -0.1) is 0 Å². The number of H-pyrrole nitrogens is 1. The number of sulfonamides is 1. The zero-order valence-electron chi connectivity index (χ0n) is 16.8. The van der Waals surface area contributed by atoms with Gasteiger partial charge in [-0.3, -0.25) is 4.79 Å². The highest BCUT2D eigenvalue weighted by atomic mass is 32.2. The smallest absolute Gasteiger partial charge is 0.353 e. The molecule has 0 bridgehead atoms. The van der Waals surface area contributed by atoms with Crippen molar-refractivity contribution in [2.45, 2.75) is 50.6 Å². The minimum absolute atomic E-state index is 0.0126. The fourth-order valence-corrected chi connectivity index (χ4v) is 5.71. The predicted molar refractivity (Wildman–Crippen MR) is 107 cm³/mol. The van der Waals surface area contributed by atoms with Gasteiger partial charge in [0.05, 0.1) is 11.3 Å². The highest BCUT2D eigenvalue weighted by Gasteiger charge is 2.35. The zero-order chi connectivity index (χ0) is 22.1. The highest BCUT2D eigenvalue weighted by Crippen LogP contribution is 2.35. The quantitative estimate of drug-likeness (QED) is 0.732. The lowest BCUT2D eigenvalue weighted by Gasteiger charge is -2.20. The van der Waals surface area contributed by atoms with Crippen LogP contribution < -0.4 is 5.32 Å². The van der Waals surface area contributed by atoms with Crippen molar-refractivity contribution in [3.05, 3.63) is 46.8 Å². The van der Waals surface area contributed by atoms with E-state index in [2.05, 4.69) is 10.3 Å². The molecular formula is C20H24F3N3O3S. The minimum atomic E-state index is -4.63. The number of carbonyl (C=O) groups is 1. The van der Waals surface area contributed by atoms with E-state index in [0.717, 1.165) is 37.8 Å². The molecule has 2 N–H and O–H groups in total. The third-order valence-electron chi connectivity index (χ3n) is 5.24. The first-order valence-electron chi connectivity index (χ1n) is 9.70. The number of halogens is 3. The molecule has 1 aromatic carbocycles. The van der Waals surface area contributed by atoms with E-state index in [0.29, 0.717) is 13.1 Å². The summed E-state index contributed by atoms with van der Waals surface area (Å²) in [4.78, 5) is 15.5. The first kappa shape index (κ1) is 22.4. The molecule has 30 heavy (non-hydrogen) atoms. The maximum absolute atomic E-state index is 13.2. The summed E-state index contributed by atoms with van der Waals surface area (Å²) < 4.78 is 67.4. The average Bonchev–Trinajstić information content (AvgIpc) is 2.85. The third-order valence-corrected chi connectivity index (χ3v) is 7.41. The standard InChI is InChI=1S/C20H24F3N3O3S/c1-13-17(19(27)25-16-10-6-5-9-15(16)20(21,22)23)24-14(2)18(13)30(28,29)26-11-7-3-4-8-12-26/h5-6,9-10,24H,3-4,7-8,11-12H2,1-2H3,(H,25,27). The lowest BCUT2D eigenvalue weighted by molar-refractivity contribution is -0.136. The number of aryl methyl sites for hydroxylation is 1. The summed E-state index contributed by atoms with van der Waals surface area (Å²) in [6.07, 6.45) is -1.18. The lowest BCUT2D eigenvalue weighted by atomic mass is 10.1. The molecule has 1 amide bonds. The number of nitrogens with zero attached hydrogens (tertiary/aromatic N) is 1. The van der Waals surface area contributed by atoms with Crippen molar-refractivity contribution in [3.8, 4) is 0 Å². The van der Waals surface area contributed by atoms with Crippen LogP contribution in [0.2, 0.25) is 0 Å². The molecule has 0 spiro atoms. The Bertz CT molecular complexity index is 1040. The van der Waals surface area contributed by atoms with Crippen LogP contribution in [0.1, 0.15) is 53.0 Å². The monoisotopic (exact) mass is 443 g/mol. The Morgan fingerprint density at radius 2 is 1.67 bits per heavy atom. The molecule has 1 saturated heterocycles. The number of aromatic nitrogens is 1. The van der Waals surface area contributed by atoms with Gasteiger partial charge < -0.3 is 10.3 Å². The van der Waals surface area contributed by atoms with Gasteiger partial charge in [0.15, 0.2) is 0 Å². The van der Waals surface area contributed by atoms with Gasteiger partial charge in [0, 0.05) is 18.8 Å². The van der Waals surface area contributed by atoms with Crippen LogP contribution in [-0.2, 0) is 16.2 Å². The van der Waals surface area contributed by atoms with Crippen LogP contribution in [0, 0.1) is 13.8 Å². The van der Waals surface area contributed by atoms with Crippen LogP contribution in [0.25, 0.3) is 0 Å². The minimum Gasteiger partial charge on any atom is -0.353 e. The summed E-state index contributed by atoms with van der Waals surface area (Å²) in [6.45, 7) is 3.84. The van der Waals surface area contributed by atoms with Crippen molar-refractivity contribution in [2.75, 3.05) is 18.4 Å². The molecule has 164 valence electrons. The Balaban J connectivity index is 1.94. The van der Waals surface area contributed by atoms with Crippen molar-refractivity contribution < 1.29 is 26.4 Å². The molecule has 0 aliphatic carbocycles. The summed E-state index contributed by atoms with van der Waals surface area (Å²) in [5.41, 5.74) is -0.960. The van der Waals surface area contributed by atoms with Gasteiger partial charge >= 0.3 is 6.18 Å². The van der Waals surface area contributed by atoms with E-state index in [1.54, 1.807) is 0 Å². The molecule has 1 aliphatic heterocycles. The number of amides is 1. The maximum atomic E-state index is 13.2. The lowest BCUT2D eigenvalue weighted by Crippen LogP contribution is -2.32. The second kappa shape index (κ2) is 8.43. The summed E-state index contributed by atoms with van der Waals surface area (Å²) in [7, 11) is -3.82. The van der Waals surface area contributed by atoms with E-state index in [4.69, 9.17) is 0 Å². The van der Waals surface area contributed by atoms with E-state index in [-0.39, 0.29) is 21.8 Å². The van der Waals surface area contributed by atoms with Gasteiger partial charge in [-0.1, -0.05) is 25.0 Å². The number of para-hydroxylation sites is 1. The molecule has 10 heteroatoms. The molecule has 0 radical (unpaired) electrons. The predicted octanol–water partition coefficient (Wildman–Crippen LogP) is 4.47. The zero-order valence-corrected chi connectivity index (χ0v) is 17.6. The van der Waals surface area contributed by atoms with Gasteiger partial charge in [-0.05, 0) is 44.4 Å². The van der Waals surface area contributed by atoms with E-state index < -0.39 is 33.4 Å². The number of benzene rings is 1. The topological polar surface area (TPSA) is 82.3 Å². The number of nitrogens with one attached hydrogen (secondary N) is 2. The first-order chi connectivity index (χ1) is 14.0. The fraction of sp³-hybridized carbons (Fsp3) is 0.450. The van der Waals surface area contributed by atoms with E-state index >= 15 is 0 Å². The Morgan fingerprint density at radius 3 is 2.27 bits per heavy atom. The van der Waals surface area contributed by atoms with Crippen molar-refractivity contribution in [1.82, 2.24) is 9.29 Å². The van der Waals surface area contributed by atoms with Crippen LogP contribution in [-0.4, -0.2) is 36.7 Å². The maximum Gasteiger partial charge on any atom is 0.418 e. The second-order valence-corrected chi connectivity index (χ2v) is 9.27. The van der Waals surface area contributed by atoms with Crippen molar-refractivity contribution >= 4 is 21.6 Å². The summed E-state index contributed by atoms with van der Waals surface area (Å²) in [5.74, 6) is -0.829. The molecular weight excluding hydrogens is 419 g/mol. The summed E-state index contributed by atoms with van der Waals surface area (Å²) in [5, 5.41) is 2.26. The van der Waals surface area contributed by atoms with E-state index in [1.807, 2.05) is 0 Å². The van der Waals surface area contributed by atoms with Gasteiger partial charge in [0.2, 0.25) is 10.0 Å². The first-order valence-corrected chi connectivity index (χ1v) is 11.1. The van der Waals surface area contributed by atoms with Gasteiger partial charge in [0.1, 0.15) is 10.6 Å². The largest absolute Gasteiger partial charge is 0.418 e. The molecule has 0 saturated carbocycles. The number of anilines is 1. The van der Waals surface area contributed by atoms with E-state index in [9.17, 15) is 26.4 Å². The van der Waals surface area contributed by atoms with Crippen LogP contribution in [0.3, 0.4) is 0 Å². The number of carbonyl (C=O) groups excluding carboxylic acids is 1. The molecule has 1 aliphatic rings. The number of aromatic amines is 1. The Kier molecular flexibility index (Phi) is 6.28. The van der Waals surface area contributed by atoms with Crippen LogP contribution in [0.4, 0.5) is 18.9 Å². The van der Waals surface area contributed by atoms with Crippen molar-refractivity contribution in [2.24, 2.45) is 0 Å². The molecule has 1 aromatic heterocycles. The molecule has 6 nitrogen and oxygen atoms in total. The number of hydrogen-bond acceptors (Lipinski definition) is 3. The summed E-state index contributed by atoms with van der Waals surface area (Å²) >= 11 is 0. The second-order valence-electron chi connectivity index (χ2n) is 7.39. The Morgan fingerprint density at radius 1 is 1.07 bits per heavy atom. The highest BCUT2D eigenvalue weighted by molar-refractivity contribution is 7.89. The normalized spacial score (nSPS) is 16.3. The third kappa shape index (κ3) is 4.39. The SMILES string of the molecule is Cc1[nH]c(C(=O)Nc2ccccc2C(F)(F)F)c(C)c1S(=O)(=O)N1CCCCCC1. The van der Waals surface area contributed by atoms with Crippen LogP contribution in [0.5, 0.6) is 0 Å². The summed E-state index contributed by atoms with van der Waals surface area (Å²) in [6, 6.07) is 4.64. The van der Waals surface area contributed by atoms with E-state index in [1.165, 1.54) is 30.3 Å². The molecule has 3 rings (SSSR count). The van der Waals surface area contributed by atoms with Crippen LogP contribution >= 0.6 is 0 Å². The number of rotatable bonds is 4. The average molecular weight is 443 g/mol. The Labute approximate surface area is 173 Å². The molecule has 0 atom stereocenters. The van der Waals surface area contributed by atoms with Crippen molar-refractivity contribution in [3.63, 3.8) is 0 Å². The molecule has 2 aromatic rings.